The second-order valence-electron chi connectivity index (χ2n) is 8.95. The molecule has 1 atom stereocenters. The summed E-state index contributed by atoms with van der Waals surface area (Å²) < 4.78 is 19.7. The van der Waals surface area contributed by atoms with Crippen LogP contribution in [-0.4, -0.2) is 16.8 Å². The third kappa shape index (κ3) is 4.61. The molecule has 0 aromatic heterocycles. The normalized spacial score (nSPS) is 16.7. The van der Waals surface area contributed by atoms with Gasteiger partial charge in [-0.3, -0.25) is 14.5 Å². The maximum atomic E-state index is 13.7. The molecule has 4 aromatic carbocycles. The number of amides is 1. The van der Waals surface area contributed by atoms with Crippen molar-refractivity contribution in [3.05, 3.63) is 131 Å². The van der Waals surface area contributed by atoms with Gasteiger partial charge in [-0.2, -0.15) is 0 Å². The molecule has 5 rings (SSSR count). The molecule has 0 spiro atoms. The van der Waals surface area contributed by atoms with Crippen LogP contribution in [0.2, 0.25) is 0 Å². The lowest BCUT2D eigenvalue weighted by molar-refractivity contribution is -0.132. The quantitative estimate of drug-likeness (QED) is 0.187. The molecule has 37 heavy (non-hydrogen) atoms. The maximum Gasteiger partial charge on any atom is 0.300 e. The van der Waals surface area contributed by atoms with Crippen molar-refractivity contribution < 1.29 is 23.8 Å². The molecule has 0 radical (unpaired) electrons. The van der Waals surface area contributed by atoms with Crippen LogP contribution < -0.4 is 9.64 Å². The van der Waals surface area contributed by atoms with Gasteiger partial charge in [0.25, 0.3) is 11.7 Å². The van der Waals surface area contributed by atoms with Gasteiger partial charge in [0.05, 0.1) is 11.6 Å². The highest BCUT2D eigenvalue weighted by molar-refractivity contribution is 6.51. The Balaban J connectivity index is 1.69. The number of aliphatic hydroxyl groups is 1. The van der Waals surface area contributed by atoms with Gasteiger partial charge in [-0.15, -0.1) is 0 Å². The number of para-hydroxylation sites is 1. The van der Waals surface area contributed by atoms with E-state index in [0.717, 1.165) is 11.1 Å². The Bertz CT molecular complexity index is 1530. The molecule has 1 aliphatic heterocycles. The van der Waals surface area contributed by atoms with Gasteiger partial charge in [-0.1, -0.05) is 48.0 Å². The number of ketones is 1. The Labute approximate surface area is 214 Å². The van der Waals surface area contributed by atoms with E-state index in [9.17, 15) is 19.1 Å². The van der Waals surface area contributed by atoms with Gasteiger partial charge < -0.3 is 9.84 Å². The van der Waals surface area contributed by atoms with E-state index in [0.29, 0.717) is 28.3 Å². The highest BCUT2D eigenvalue weighted by Crippen LogP contribution is 2.43. The Morgan fingerprint density at radius 3 is 2.27 bits per heavy atom. The van der Waals surface area contributed by atoms with Gasteiger partial charge in [-0.25, -0.2) is 4.39 Å². The van der Waals surface area contributed by atoms with Crippen molar-refractivity contribution in [2.24, 2.45) is 0 Å². The molecular weight excluding hydrogens is 469 g/mol. The largest absolute Gasteiger partial charge is 0.507 e. The fraction of sp³-hybridized carbons (Fsp3) is 0.0968. The van der Waals surface area contributed by atoms with Gasteiger partial charge in [0.2, 0.25) is 0 Å². The molecule has 1 fully saturated rings. The summed E-state index contributed by atoms with van der Waals surface area (Å²) in [5.74, 6) is -1.23. The van der Waals surface area contributed by atoms with Crippen molar-refractivity contribution in [1.82, 2.24) is 0 Å². The third-order valence-electron chi connectivity index (χ3n) is 6.35. The van der Waals surface area contributed by atoms with Crippen LogP contribution in [0.15, 0.2) is 103 Å². The smallest absolute Gasteiger partial charge is 0.300 e. The minimum atomic E-state index is -0.954. The van der Waals surface area contributed by atoms with E-state index >= 15 is 0 Å². The number of anilines is 1. The first-order chi connectivity index (χ1) is 17.8. The summed E-state index contributed by atoms with van der Waals surface area (Å²) in [6, 6.07) is 26.2. The molecule has 1 saturated heterocycles. The number of carbonyl (C=O) groups excluding carboxylic acids is 2. The van der Waals surface area contributed by atoms with Gasteiger partial charge in [0.1, 0.15) is 23.1 Å². The molecule has 6 heteroatoms. The Morgan fingerprint density at radius 2 is 1.54 bits per heavy atom. The fourth-order valence-electron chi connectivity index (χ4n) is 4.52. The van der Waals surface area contributed by atoms with Crippen LogP contribution in [0.3, 0.4) is 0 Å². The fourth-order valence-corrected chi connectivity index (χ4v) is 4.52. The molecular formula is C31H24FNO4. The Morgan fingerprint density at radius 1 is 0.838 bits per heavy atom. The van der Waals surface area contributed by atoms with Crippen LogP contribution in [0.25, 0.3) is 5.76 Å². The minimum absolute atomic E-state index is 0.0418. The molecule has 0 aliphatic carbocycles. The summed E-state index contributed by atoms with van der Waals surface area (Å²) in [6.45, 7) is 3.71. The van der Waals surface area contributed by atoms with Crippen molar-refractivity contribution in [2.45, 2.75) is 19.9 Å². The van der Waals surface area contributed by atoms with Crippen molar-refractivity contribution in [2.75, 3.05) is 4.90 Å². The Kier molecular flexibility index (Phi) is 6.32. The van der Waals surface area contributed by atoms with E-state index in [1.165, 1.54) is 29.2 Å². The highest BCUT2D eigenvalue weighted by atomic mass is 19.1. The Hall–Kier alpha value is -4.71. The van der Waals surface area contributed by atoms with Crippen LogP contribution in [0.4, 0.5) is 10.1 Å². The van der Waals surface area contributed by atoms with Crippen LogP contribution >= 0.6 is 0 Å². The molecule has 184 valence electrons. The first kappa shape index (κ1) is 24.0. The molecule has 1 aliphatic rings. The number of hydrogen-bond donors (Lipinski definition) is 1. The van der Waals surface area contributed by atoms with Gasteiger partial charge in [0.15, 0.2) is 0 Å². The number of aryl methyl sites for hydroxylation is 2. The topological polar surface area (TPSA) is 66.8 Å². The summed E-state index contributed by atoms with van der Waals surface area (Å²) in [7, 11) is 0. The number of Topliss-reactive ketones (excluding diaryl/α,β-unsaturated/α-hetero) is 1. The molecule has 1 unspecified atom stereocenters. The predicted octanol–water partition coefficient (Wildman–Crippen LogP) is 6.86. The zero-order valence-corrected chi connectivity index (χ0v) is 20.3. The highest BCUT2D eigenvalue weighted by Gasteiger charge is 2.47. The number of carbonyl (C=O) groups is 2. The molecule has 4 aromatic rings. The number of aliphatic hydroxyl groups excluding tert-OH is 1. The second-order valence-corrected chi connectivity index (χ2v) is 8.95. The molecule has 1 N–H and O–H groups in total. The van der Waals surface area contributed by atoms with Crippen molar-refractivity contribution >= 4 is 23.1 Å². The number of halogens is 1. The van der Waals surface area contributed by atoms with E-state index < -0.39 is 23.5 Å². The first-order valence-electron chi connectivity index (χ1n) is 11.8. The van der Waals surface area contributed by atoms with E-state index in [-0.39, 0.29) is 11.3 Å². The summed E-state index contributed by atoms with van der Waals surface area (Å²) in [5.41, 5.74) is 2.98. The van der Waals surface area contributed by atoms with E-state index in [2.05, 4.69) is 0 Å². The lowest BCUT2D eigenvalue weighted by Gasteiger charge is -2.26. The van der Waals surface area contributed by atoms with Gasteiger partial charge in [0, 0.05) is 11.3 Å². The standard InChI is InChI=1S/C31H24FNO4/c1-19-11-12-20(2)26(17-19)29(34)27-28(33(31(36)30(27)35)23-15-13-22(32)14-16-23)21-7-6-10-25(18-21)37-24-8-4-3-5-9-24/h3-18,28,34H,1-2H3/b29-27+. The molecule has 0 bridgehead atoms. The predicted molar refractivity (Wildman–Crippen MR) is 140 cm³/mol. The van der Waals surface area contributed by atoms with E-state index in [4.69, 9.17) is 4.74 Å². The first-order valence-corrected chi connectivity index (χ1v) is 11.8. The van der Waals surface area contributed by atoms with Crippen LogP contribution in [0, 0.1) is 19.7 Å². The van der Waals surface area contributed by atoms with Crippen molar-refractivity contribution in [1.29, 1.82) is 0 Å². The number of rotatable bonds is 5. The minimum Gasteiger partial charge on any atom is -0.507 e. The monoisotopic (exact) mass is 493 g/mol. The summed E-state index contributed by atoms with van der Waals surface area (Å²) in [6.07, 6.45) is 0. The SMILES string of the molecule is Cc1ccc(C)c(/C(O)=C2\C(=O)C(=O)N(c3ccc(F)cc3)C2c2cccc(Oc3ccccc3)c2)c1. The summed E-state index contributed by atoms with van der Waals surface area (Å²) in [4.78, 5) is 28.1. The molecule has 5 nitrogen and oxygen atoms in total. The maximum absolute atomic E-state index is 13.7. The van der Waals surface area contributed by atoms with Crippen LogP contribution in [0.1, 0.15) is 28.3 Å². The number of nitrogens with zero attached hydrogens (tertiary/aromatic N) is 1. The second kappa shape index (κ2) is 9.74. The van der Waals surface area contributed by atoms with Crippen molar-refractivity contribution in [3.8, 4) is 11.5 Å². The molecule has 1 heterocycles. The van der Waals surface area contributed by atoms with Crippen LogP contribution in [-0.2, 0) is 9.59 Å². The van der Waals surface area contributed by atoms with Gasteiger partial charge in [-0.05, 0) is 79.6 Å². The van der Waals surface area contributed by atoms with E-state index in [1.807, 2.05) is 56.3 Å². The van der Waals surface area contributed by atoms with Crippen molar-refractivity contribution in [3.63, 3.8) is 0 Å². The lowest BCUT2D eigenvalue weighted by atomic mass is 9.93. The average Bonchev–Trinajstić information content (AvgIpc) is 3.16. The van der Waals surface area contributed by atoms with Gasteiger partial charge >= 0.3 is 0 Å². The van der Waals surface area contributed by atoms with E-state index in [1.54, 1.807) is 30.3 Å². The number of ether oxygens (including phenoxy) is 1. The zero-order chi connectivity index (χ0) is 26.1. The van der Waals surface area contributed by atoms with Crippen LogP contribution in [0.5, 0.6) is 11.5 Å². The zero-order valence-electron chi connectivity index (χ0n) is 20.3. The summed E-state index contributed by atoms with van der Waals surface area (Å²) in [5, 5.41) is 11.4. The number of hydrogen-bond acceptors (Lipinski definition) is 4. The molecule has 0 saturated carbocycles. The third-order valence-corrected chi connectivity index (χ3v) is 6.35. The lowest BCUT2D eigenvalue weighted by Crippen LogP contribution is -2.29. The molecule has 1 amide bonds. The average molecular weight is 494 g/mol. The summed E-state index contributed by atoms with van der Waals surface area (Å²) >= 11 is 0. The number of benzene rings is 4.